The lowest BCUT2D eigenvalue weighted by Gasteiger charge is -2.32. The molecular weight excluding hydrogens is 423 g/mol. The van der Waals surface area contributed by atoms with Crippen LogP contribution in [-0.2, 0) is 12.8 Å². The van der Waals surface area contributed by atoms with Crippen molar-refractivity contribution in [3.63, 3.8) is 0 Å². The molecule has 0 saturated carbocycles. The molecule has 5 heteroatoms. The fraction of sp³-hybridized carbons (Fsp3) is 0.650. The summed E-state index contributed by atoms with van der Waals surface area (Å²) in [5, 5.41) is 3.34. The van der Waals surface area contributed by atoms with Gasteiger partial charge in [-0.1, -0.05) is 18.6 Å². The van der Waals surface area contributed by atoms with Crippen LogP contribution < -0.4 is 11.1 Å². The minimum Gasteiger partial charge on any atom is -0.370 e. The second kappa shape index (κ2) is 10.4. The Balaban J connectivity index is 0.00000225. The molecule has 1 heterocycles. The molecule has 0 radical (unpaired) electrons. The zero-order valence-corrected chi connectivity index (χ0v) is 17.8. The minimum atomic E-state index is 0. The summed E-state index contributed by atoms with van der Waals surface area (Å²) in [5.74, 6) is 0.555. The number of aryl methyl sites for hydroxylation is 1. The molecule has 3 rings (SSSR count). The van der Waals surface area contributed by atoms with Gasteiger partial charge in [0.2, 0.25) is 0 Å². The molecule has 2 aliphatic rings. The first-order valence-electron chi connectivity index (χ1n) is 9.66. The maximum absolute atomic E-state index is 6.13. The van der Waals surface area contributed by atoms with E-state index in [4.69, 9.17) is 5.73 Å². The molecule has 140 valence electrons. The Hall–Kier alpha value is -0.820. The third-order valence-electron chi connectivity index (χ3n) is 5.50. The van der Waals surface area contributed by atoms with Gasteiger partial charge in [-0.3, -0.25) is 4.99 Å². The number of anilines is 1. The third kappa shape index (κ3) is 5.84. The summed E-state index contributed by atoms with van der Waals surface area (Å²) < 4.78 is 0. The molecule has 1 fully saturated rings. The molecule has 1 atom stereocenters. The Bertz CT molecular complexity index is 567. The van der Waals surface area contributed by atoms with Crippen LogP contribution in [0.4, 0.5) is 5.69 Å². The van der Waals surface area contributed by atoms with E-state index >= 15 is 0 Å². The summed E-state index contributed by atoms with van der Waals surface area (Å²) >= 11 is 0. The topological polar surface area (TPSA) is 53.6 Å². The molecule has 1 aromatic rings. The van der Waals surface area contributed by atoms with E-state index in [-0.39, 0.29) is 24.0 Å². The smallest absolute Gasteiger partial charge is 0.193 e. The molecule has 0 amide bonds. The lowest BCUT2D eigenvalue weighted by molar-refractivity contribution is 0.168. The summed E-state index contributed by atoms with van der Waals surface area (Å²) in [4.78, 5) is 7.15. The first kappa shape index (κ1) is 20.5. The maximum Gasteiger partial charge on any atom is 0.193 e. The van der Waals surface area contributed by atoms with Gasteiger partial charge in [-0.2, -0.15) is 0 Å². The Labute approximate surface area is 169 Å². The number of hydrogen-bond donors (Lipinski definition) is 2. The van der Waals surface area contributed by atoms with Gasteiger partial charge in [-0.05, 0) is 82.2 Å². The zero-order chi connectivity index (χ0) is 16.8. The van der Waals surface area contributed by atoms with Gasteiger partial charge in [0.05, 0.1) is 0 Å². The number of aliphatic imine (C=N–C) groups is 1. The van der Waals surface area contributed by atoms with Gasteiger partial charge in [0, 0.05) is 18.3 Å². The fourth-order valence-electron chi connectivity index (χ4n) is 3.99. The van der Waals surface area contributed by atoms with Crippen LogP contribution in [0.25, 0.3) is 0 Å². The van der Waals surface area contributed by atoms with Crippen LogP contribution >= 0.6 is 24.0 Å². The van der Waals surface area contributed by atoms with Crippen molar-refractivity contribution in [1.29, 1.82) is 0 Å². The lowest BCUT2D eigenvalue weighted by Crippen LogP contribution is -2.37. The first-order chi connectivity index (χ1) is 11.7. The van der Waals surface area contributed by atoms with Crippen molar-refractivity contribution in [2.24, 2.45) is 10.7 Å². The molecule has 3 N–H and O–H groups in total. The average Bonchev–Trinajstić information content (AvgIpc) is 2.63. The van der Waals surface area contributed by atoms with E-state index < -0.39 is 0 Å². The van der Waals surface area contributed by atoms with Crippen LogP contribution in [0.5, 0.6) is 0 Å². The van der Waals surface area contributed by atoms with Crippen molar-refractivity contribution in [1.82, 2.24) is 4.90 Å². The highest BCUT2D eigenvalue weighted by Gasteiger charge is 2.16. The summed E-state index contributed by atoms with van der Waals surface area (Å²) in [6.45, 7) is 5.60. The van der Waals surface area contributed by atoms with E-state index in [9.17, 15) is 0 Å². The van der Waals surface area contributed by atoms with Crippen molar-refractivity contribution in [3.05, 3.63) is 29.3 Å². The maximum atomic E-state index is 6.13. The SMILES string of the molecule is CC(CCN=C(N)Nc1cccc2c1CCCC2)N1CCCCC1.I. The Morgan fingerprint density at radius 3 is 2.72 bits per heavy atom. The largest absolute Gasteiger partial charge is 0.370 e. The van der Waals surface area contributed by atoms with E-state index in [1.54, 1.807) is 0 Å². The van der Waals surface area contributed by atoms with Crippen molar-refractivity contribution < 1.29 is 0 Å². The fourth-order valence-corrected chi connectivity index (χ4v) is 3.99. The van der Waals surface area contributed by atoms with Gasteiger partial charge in [0.25, 0.3) is 0 Å². The zero-order valence-electron chi connectivity index (χ0n) is 15.5. The molecule has 0 spiro atoms. The van der Waals surface area contributed by atoms with Crippen LogP contribution in [0.15, 0.2) is 23.2 Å². The summed E-state index contributed by atoms with van der Waals surface area (Å²) in [6, 6.07) is 7.10. The average molecular weight is 456 g/mol. The van der Waals surface area contributed by atoms with Gasteiger partial charge < -0.3 is 16.0 Å². The standard InChI is InChI=1S/C20H32N4.HI/c1-16(24-14-5-2-6-15-24)12-13-22-20(21)23-19-11-7-9-17-8-3-4-10-18(17)19;/h7,9,11,16H,2-6,8,10,12-15H2,1H3,(H3,21,22,23);1H. The second-order valence-electron chi connectivity index (χ2n) is 7.28. The van der Waals surface area contributed by atoms with Crippen LogP contribution in [-0.4, -0.2) is 36.5 Å². The highest BCUT2D eigenvalue weighted by molar-refractivity contribution is 14.0. The molecule has 1 unspecified atom stereocenters. The number of rotatable bonds is 5. The van der Waals surface area contributed by atoms with Gasteiger partial charge in [0.1, 0.15) is 0 Å². The van der Waals surface area contributed by atoms with Crippen LogP contribution in [0.1, 0.15) is 56.6 Å². The van der Waals surface area contributed by atoms with E-state index in [0.717, 1.165) is 25.1 Å². The van der Waals surface area contributed by atoms with E-state index in [1.165, 1.54) is 62.7 Å². The van der Waals surface area contributed by atoms with Gasteiger partial charge in [-0.15, -0.1) is 24.0 Å². The number of nitrogens with one attached hydrogen (secondary N) is 1. The van der Waals surface area contributed by atoms with E-state index in [2.05, 4.69) is 40.3 Å². The van der Waals surface area contributed by atoms with Crippen molar-refractivity contribution >= 4 is 35.6 Å². The van der Waals surface area contributed by atoms with Crippen LogP contribution in [0.2, 0.25) is 0 Å². The molecule has 4 nitrogen and oxygen atoms in total. The van der Waals surface area contributed by atoms with Crippen molar-refractivity contribution in [3.8, 4) is 0 Å². The highest BCUT2D eigenvalue weighted by atomic mass is 127. The Morgan fingerprint density at radius 1 is 1.16 bits per heavy atom. The normalized spacial score (nSPS) is 19.6. The number of fused-ring (bicyclic) bond motifs is 1. The van der Waals surface area contributed by atoms with Gasteiger partial charge in [0.15, 0.2) is 5.96 Å². The number of guanidine groups is 1. The number of nitrogens with two attached hydrogens (primary N) is 1. The lowest BCUT2D eigenvalue weighted by atomic mass is 9.90. The second-order valence-corrected chi connectivity index (χ2v) is 7.28. The number of piperidine rings is 1. The molecule has 1 aliphatic carbocycles. The molecular formula is C20H33IN4. The predicted molar refractivity (Wildman–Crippen MR) is 118 cm³/mol. The van der Waals surface area contributed by atoms with Crippen molar-refractivity contribution in [2.75, 3.05) is 25.0 Å². The number of halogens is 1. The first-order valence-corrected chi connectivity index (χ1v) is 9.66. The Kier molecular flexibility index (Phi) is 8.49. The number of nitrogens with zero attached hydrogens (tertiary/aromatic N) is 2. The monoisotopic (exact) mass is 456 g/mol. The van der Waals surface area contributed by atoms with Crippen molar-refractivity contribution in [2.45, 2.75) is 64.3 Å². The highest BCUT2D eigenvalue weighted by Crippen LogP contribution is 2.27. The van der Waals surface area contributed by atoms with E-state index in [0.29, 0.717) is 12.0 Å². The quantitative estimate of drug-likeness (QED) is 0.397. The molecule has 0 bridgehead atoms. The molecule has 1 saturated heterocycles. The summed E-state index contributed by atoms with van der Waals surface area (Å²) in [6.07, 6.45) is 10.1. The number of hydrogen-bond acceptors (Lipinski definition) is 2. The summed E-state index contributed by atoms with van der Waals surface area (Å²) in [5.41, 5.74) is 10.2. The minimum absolute atomic E-state index is 0. The molecule has 0 aromatic heterocycles. The van der Waals surface area contributed by atoms with E-state index in [1.807, 2.05) is 0 Å². The number of likely N-dealkylation sites (tertiary alicyclic amines) is 1. The molecule has 1 aliphatic heterocycles. The summed E-state index contributed by atoms with van der Waals surface area (Å²) in [7, 11) is 0. The van der Waals surface area contributed by atoms with Crippen LogP contribution in [0.3, 0.4) is 0 Å². The van der Waals surface area contributed by atoms with Crippen LogP contribution in [0, 0.1) is 0 Å². The predicted octanol–water partition coefficient (Wildman–Crippen LogP) is 4.17. The van der Waals surface area contributed by atoms with Gasteiger partial charge in [-0.25, -0.2) is 0 Å². The molecule has 25 heavy (non-hydrogen) atoms. The Morgan fingerprint density at radius 2 is 1.92 bits per heavy atom. The molecule has 1 aromatic carbocycles. The van der Waals surface area contributed by atoms with Gasteiger partial charge >= 0.3 is 0 Å². The number of benzene rings is 1. The third-order valence-corrected chi connectivity index (χ3v) is 5.50.